The van der Waals surface area contributed by atoms with Crippen LogP contribution in [-0.2, 0) is 0 Å². The highest BCUT2D eigenvalue weighted by Crippen LogP contribution is 2.17. The van der Waals surface area contributed by atoms with Crippen molar-refractivity contribution in [2.24, 2.45) is 0 Å². The van der Waals surface area contributed by atoms with Gasteiger partial charge in [0.05, 0.1) is 11.6 Å². The van der Waals surface area contributed by atoms with Gasteiger partial charge >= 0.3 is 0 Å². The van der Waals surface area contributed by atoms with Gasteiger partial charge in [0.2, 0.25) is 0 Å². The molecule has 0 aliphatic heterocycles. The van der Waals surface area contributed by atoms with Crippen LogP contribution in [0.3, 0.4) is 0 Å². The molecule has 0 spiro atoms. The van der Waals surface area contributed by atoms with Gasteiger partial charge in [0.25, 0.3) is 5.91 Å². The fourth-order valence-corrected chi connectivity index (χ4v) is 2.56. The Bertz CT molecular complexity index is 638. The summed E-state index contributed by atoms with van der Waals surface area (Å²) in [7, 11) is 0. The summed E-state index contributed by atoms with van der Waals surface area (Å²) in [5.74, 6) is 5.20. The third-order valence-corrected chi connectivity index (χ3v) is 3.57. The van der Waals surface area contributed by atoms with Crippen molar-refractivity contribution in [1.82, 2.24) is 5.32 Å². The molecule has 4 heteroatoms. The number of thiophene rings is 1. The molecule has 0 radical (unpaired) electrons. The predicted octanol–water partition coefficient (Wildman–Crippen LogP) is 2.58. The maximum Gasteiger partial charge on any atom is 0.253 e. The molecular formula is C16H15NO2S. The fourth-order valence-electron chi connectivity index (χ4n) is 1.80. The van der Waals surface area contributed by atoms with E-state index < -0.39 is 0 Å². The van der Waals surface area contributed by atoms with E-state index in [9.17, 15) is 4.79 Å². The summed E-state index contributed by atoms with van der Waals surface area (Å²) in [6, 6.07) is 9.07. The third kappa shape index (κ3) is 3.47. The molecule has 3 nitrogen and oxygen atoms in total. The van der Waals surface area contributed by atoms with Gasteiger partial charge in [-0.15, -0.1) is 0 Å². The first-order valence-corrected chi connectivity index (χ1v) is 7.18. The number of nitrogens with one attached hydrogen (secondary N) is 1. The van der Waals surface area contributed by atoms with E-state index in [1.807, 2.05) is 29.8 Å². The normalized spacial score (nSPS) is 11.3. The SMILES string of the molecule is CC(NC(=O)c1ccccc1C#CCO)c1ccsc1. The molecular weight excluding hydrogens is 270 g/mol. The smallest absolute Gasteiger partial charge is 0.253 e. The second-order valence-corrected chi connectivity index (χ2v) is 5.04. The highest BCUT2D eigenvalue weighted by molar-refractivity contribution is 7.07. The summed E-state index contributed by atoms with van der Waals surface area (Å²) in [5, 5.41) is 15.7. The Morgan fingerprint density at radius 2 is 2.20 bits per heavy atom. The molecule has 2 rings (SSSR count). The molecule has 0 fully saturated rings. The second-order valence-electron chi connectivity index (χ2n) is 4.26. The van der Waals surface area contributed by atoms with Gasteiger partial charge in [-0.1, -0.05) is 24.0 Å². The second kappa shape index (κ2) is 6.90. The summed E-state index contributed by atoms with van der Waals surface area (Å²) in [4.78, 5) is 12.3. The minimum atomic E-state index is -0.221. The van der Waals surface area contributed by atoms with Crippen LogP contribution in [0.15, 0.2) is 41.1 Å². The molecule has 0 aliphatic rings. The summed E-state index contributed by atoms with van der Waals surface area (Å²) in [6.45, 7) is 1.73. The van der Waals surface area contributed by atoms with E-state index in [2.05, 4.69) is 17.2 Å². The third-order valence-electron chi connectivity index (χ3n) is 2.86. The first kappa shape index (κ1) is 14.3. The highest BCUT2D eigenvalue weighted by Gasteiger charge is 2.13. The van der Waals surface area contributed by atoms with Crippen molar-refractivity contribution in [2.45, 2.75) is 13.0 Å². The Hall–Kier alpha value is -2.09. The Balaban J connectivity index is 2.17. The number of rotatable bonds is 3. The van der Waals surface area contributed by atoms with E-state index in [1.54, 1.807) is 29.5 Å². The zero-order valence-corrected chi connectivity index (χ0v) is 11.9. The Morgan fingerprint density at radius 3 is 2.90 bits per heavy atom. The van der Waals surface area contributed by atoms with Gasteiger partial charge < -0.3 is 10.4 Å². The number of benzene rings is 1. The quantitative estimate of drug-likeness (QED) is 0.852. The largest absolute Gasteiger partial charge is 0.384 e. The summed E-state index contributed by atoms with van der Waals surface area (Å²) < 4.78 is 0. The average Bonchev–Trinajstić information content (AvgIpc) is 2.99. The van der Waals surface area contributed by atoms with Crippen LogP contribution < -0.4 is 5.32 Å². The molecule has 0 aliphatic carbocycles. The van der Waals surface area contributed by atoms with E-state index in [1.165, 1.54) is 0 Å². The van der Waals surface area contributed by atoms with Crippen molar-refractivity contribution in [3.05, 3.63) is 57.8 Å². The van der Waals surface area contributed by atoms with Crippen molar-refractivity contribution in [3.63, 3.8) is 0 Å². The van der Waals surface area contributed by atoms with Crippen molar-refractivity contribution >= 4 is 17.2 Å². The van der Waals surface area contributed by atoms with Crippen LogP contribution in [0.5, 0.6) is 0 Å². The molecule has 1 heterocycles. The van der Waals surface area contributed by atoms with E-state index >= 15 is 0 Å². The molecule has 0 bridgehead atoms. The number of aliphatic hydroxyl groups excluding tert-OH is 1. The van der Waals surface area contributed by atoms with Gasteiger partial charge in [0.15, 0.2) is 0 Å². The van der Waals surface area contributed by atoms with Gasteiger partial charge in [-0.3, -0.25) is 4.79 Å². The summed E-state index contributed by atoms with van der Waals surface area (Å²) in [6.07, 6.45) is 0. The van der Waals surface area contributed by atoms with E-state index in [-0.39, 0.29) is 18.6 Å². The van der Waals surface area contributed by atoms with E-state index in [4.69, 9.17) is 5.11 Å². The number of hydrogen-bond donors (Lipinski definition) is 2. The molecule has 1 aromatic heterocycles. The summed E-state index contributed by atoms with van der Waals surface area (Å²) >= 11 is 1.60. The lowest BCUT2D eigenvalue weighted by Gasteiger charge is -2.13. The van der Waals surface area contributed by atoms with Crippen LogP contribution in [0.2, 0.25) is 0 Å². The maximum atomic E-state index is 12.3. The standard InChI is InChI=1S/C16H15NO2S/c1-12(14-8-10-20-11-14)17-16(19)15-7-3-2-5-13(15)6-4-9-18/h2-3,5,7-8,10-12,18H,9H2,1H3,(H,17,19). The number of carbonyl (C=O) groups is 1. The highest BCUT2D eigenvalue weighted by atomic mass is 32.1. The van der Waals surface area contributed by atoms with Gasteiger partial charge in [0, 0.05) is 5.56 Å². The van der Waals surface area contributed by atoms with Gasteiger partial charge in [0.1, 0.15) is 6.61 Å². The minimum Gasteiger partial charge on any atom is -0.384 e. The Morgan fingerprint density at radius 1 is 1.40 bits per heavy atom. The monoisotopic (exact) mass is 285 g/mol. The molecule has 20 heavy (non-hydrogen) atoms. The lowest BCUT2D eigenvalue weighted by Crippen LogP contribution is -2.27. The fraction of sp³-hybridized carbons (Fsp3) is 0.188. The number of hydrogen-bond acceptors (Lipinski definition) is 3. The molecule has 1 amide bonds. The molecule has 2 aromatic rings. The molecule has 1 aromatic carbocycles. The van der Waals surface area contributed by atoms with Gasteiger partial charge in [-0.25, -0.2) is 0 Å². The van der Waals surface area contributed by atoms with Crippen molar-refractivity contribution in [2.75, 3.05) is 6.61 Å². The van der Waals surface area contributed by atoms with E-state index in [0.29, 0.717) is 11.1 Å². The van der Waals surface area contributed by atoms with Crippen LogP contribution in [0.25, 0.3) is 0 Å². The van der Waals surface area contributed by atoms with Gasteiger partial charge in [-0.2, -0.15) is 11.3 Å². The Kier molecular flexibility index (Phi) is 4.94. The van der Waals surface area contributed by atoms with Gasteiger partial charge in [-0.05, 0) is 41.4 Å². The number of carbonyl (C=O) groups excluding carboxylic acids is 1. The molecule has 1 unspecified atom stereocenters. The van der Waals surface area contributed by atoms with Crippen molar-refractivity contribution in [1.29, 1.82) is 0 Å². The van der Waals surface area contributed by atoms with Crippen LogP contribution >= 0.6 is 11.3 Å². The van der Waals surface area contributed by atoms with Crippen LogP contribution in [-0.4, -0.2) is 17.6 Å². The van der Waals surface area contributed by atoms with Crippen molar-refractivity contribution < 1.29 is 9.90 Å². The minimum absolute atomic E-state index is 0.0485. The molecule has 102 valence electrons. The van der Waals surface area contributed by atoms with E-state index in [0.717, 1.165) is 5.56 Å². The number of aliphatic hydroxyl groups is 1. The lowest BCUT2D eigenvalue weighted by atomic mass is 10.1. The first-order valence-electron chi connectivity index (χ1n) is 6.24. The van der Waals surface area contributed by atoms with Crippen molar-refractivity contribution in [3.8, 4) is 11.8 Å². The Labute approximate surface area is 122 Å². The topological polar surface area (TPSA) is 49.3 Å². The van der Waals surface area contributed by atoms with Crippen LogP contribution in [0.4, 0.5) is 0 Å². The maximum absolute atomic E-state index is 12.3. The average molecular weight is 285 g/mol. The van der Waals surface area contributed by atoms with Crippen LogP contribution in [0, 0.1) is 11.8 Å². The molecule has 2 N–H and O–H groups in total. The first-order chi connectivity index (χ1) is 9.72. The zero-order valence-electron chi connectivity index (χ0n) is 11.1. The summed E-state index contributed by atoms with van der Waals surface area (Å²) in [5.41, 5.74) is 2.23. The molecule has 0 saturated heterocycles. The zero-order chi connectivity index (χ0) is 14.4. The predicted molar refractivity (Wildman–Crippen MR) is 80.6 cm³/mol. The van der Waals surface area contributed by atoms with Crippen LogP contribution in [0.1, 0.15) is 34.5 Å². The lowest BCUT2D eigenvalue weighted by molar-refractivity contribution is 0.0939. The number of amides is 1. The molecule has 0 saturated carbocycles. The molecule has 1 atom stereocenters.